The maximum atomic E-state index is 12.6. The van der Waals surface area contributed by atoms with Crippen molar-refractivity contribution in [3.63, 3.8) is 0 Å². The van der Waals surface area contributed by atoms with E-state index in [0.29, 0.717) is 12.6 Å². The van der Waals surface area contributed by atoms with E-state index in [1.54, 1.807) is 0 Å². The van der Waals surface area contributed by atoms with Crippen LogP contribution in [0.1, 0.15) is 62.0 Å². The van der Waals surface area contributed by atoms with Crippen LogP contribution < -0.4 is 10.1 Å². The summed E-state index contributed by atoms with van der Waals surface area (Å²) in [5, 5.41) is 13.3. The number of thioether (sulfide) groups is 1. The van der Waals surface area contributed by atoms with E-state index in [0.717, 1.165) is 52.3 Å². The van der Waals surface area contributed by atoms with E-state index in [-0.39, 0.29) is 11.7 Å². The number of hydrogen-bond acceptors (Lipinski definition) is 5. The highest BCUT2D eigenvalue weighted by molar-refractivity contribution is 7.99. The Morgan fingerprint density at radius 2 is 1.91 bits per heavy atom. The molecule has 34 heavy (non-hydrogen) atoms. The van der Waals surface area contributed by atoms with Gasteiger partial charge in [0.05, 0.1) is 5.75 Å². The average molecular weight is 499 g/mol. The van der Waals surface area contributed by atoms with Crippen LogP contribution >= 0.6 is 23.4 Å². The zero-order chi connectivity index (χ0) is 23.9. The van der Waals surface area contributed by atoms with Crippen LogP contribution in [0.25, 0.3) is 0 Å². The lowest BCUT2D eigenvalue weighted by molar-refractivity contribution is -0.113. The monoisotopic (exact) mass is 498 g/mol. The highest BCUT2D eigenvalue weighted by atomic mass is 35.5. The fourth-order valence-corrected chi connectivity index (χ4v) is 5.16. The Morgan fingerprint density at radius 3 is 2.62 bits per heavy atom. The summed E-state index contributed by atoms with van der Waals surface area (Å²) in [4.78, 5) is 12.6. The molecule has 0 saturated heterocycles. The number of aromatic nitrogens is 3. The van der Waals surface area contributed by atoms with Crippen LogP contribution in [-0.4, -0.2) is 26.4 Å². The number of carbonyl (C=O) groups is 1. The van der Waals surface area contributed by atoms with Crippen LogP contribution in [0.15, 0.2) is 47.6 Å². The molecule has 0 aliphatic heterocycles. The number of amides is 1. The fourth-order valence-electron chi connectivity index (χ4n) is 4.22. The molecule has 6 nitrogen and oxygen atoms in total. The van der Waals surface area contributed by atoms with Gasteiger partial charge in [0.1, 0.15) is 12.4 Å². The standard InChI is InChI=1S/C26H31ClN4O2S/c1-3-19-9-11-20(12-10-19)28-25(32)17-34-26-30-29-24(31(26)21-7-5-4-6-8-21)16-33-22-13-14-23(27)18(2)15-22/h9-15,21H,3-8,16-17H2,1-2H3,(H,28,32). The minimum atomic E-state index is -0.0538. The Labute approximate surface area is 210 Å². The Balaban J connectivity index is 1.43. The van der Waals surface area contributed by atoms with Crippen molar-refractivity contribution in [1.29, 1.82) is 0 Å². The molecule has 1 aliphatic carbocycles. The molecular weight excluding hydrogens is 468 g/mol. The predicted molar refractivity (Wildman–Crippen MR) is 138 cm³/mol. The van der Waals surface area contributed by atoms with Gasteiger partial charge in [-0.25, -0.2) is 0 Å². The zero-order valence-corrected chi connectivity index (χ0v) is 21.3. The van der Waals surface area contributed by atoms with Crippen LogP contribution in [0.3, 0.4) is 0 Å². The zero-order valence-electron chi connectivity index (χ0n) is 19.7. The van der Waals surface area contributed by atoms with Crippen LogP contribution in [0.5, 0.6) is 5.75 Å². The minimum absolute atomic E-state index is 0.0538. The molecule has 1 amide bonds. The molecule has 1 aliphatic rings. The van der Waals surface area contributed by atoms with Crippen molar-refractivity contribution in [2.75, 3.05) is 11.1 Å². The molecule has 3 aromatic rings. The van der Waals surface area contributed by atoms with Crippen molar-refractivity contribution in [2.45, 2.75) is 70.2 Å². The number of anilines is 1. The minimum Gasteiger partial charge on any atom is -0.486 e. The number of nitrogens with zero attached hydrogens (tertiary/aromatic N) is 3. The number of rotatable bonds is 9. The SMILES string of the molecule is CCc1ccc(NC(=O)CSc2nnc(COc3ccc(Cl)c(C)c3)n2C2CCCCC2)cc1. The number of hydrogen-bond donors (Lipinski definition) is 1. The molecule has 4 rings (SSSR count). The largest absolute Gasteiger partial charge is 0.486 e. The lowest BCUT2D eigenvalue weighted by Gasteiger charge is -2.25. The summed E-state index contributed by atoms with van der Waals surface area (Å²) in [6, 6.07) is 13.9. The van der Waals surface area contributed by atoms with Gasteiger partial charge < -0.3 is 10.1 Å². The van der Waals surface area contributed by atoms with E-state index in [1.165, 1.54) is 36.6 Å². The predicted octanol–water partition coefficient (Wildman–Crippen LogP) is 6.62. The van der Waals surface area contributed by atoms with Gasteiger partial charge in [-0.1, -0.05) is 61.7 Å². The van der Waals surface area contributed by atoms with Crippen molar-refractivity contribution < 1.29 is 9.53 Å². The van der Waals surface area contributed by atoms with Crippen molar-refractivity contribution >= 4 is 35.0 Å². The van der Waals surface area contributed by atoms with Crippen LogP contribution in [-0.2, 0) is 17.8 Å². The van der Waals surface area contributed by atoms with Gasteiger partial charge in [0.15, 0.2) is 11.0 Å². The first-order valence-electron chi connectivity index (χ1n) is 11.9. The van der Waals surface area contributed by atoms with Crippen molar-refractivity contribution in [3.05, 3.63) is 64.4 Å². The third kappa shape index (κ3) is 6.33. The first-order valence-corrected chi connectivity index (χ1v) is 13.2. The molecule has 8 heteroatoms. The molecular formula is C26H31ClN4O2S. The van der Waals surface area contributed by atoms with Gasteiger partial charge >= 0.3 is 0 Å². The molecule has 1 aromatic heterocycles. The van der Waals surface area contributed by atoms with Gasteiger partial charge in [0, 0.05) is 16.8 Å². The Morgan fingerprint density at radius 1 is 1.15 bits per heavy atom. The number of halogens is 1. The normalized spacial score (nSPS) is 14.2. The van der Waals surface area contributed by atoms with Crippen molar-refractivity contribution in [2.24, 2.45) is 0 Å². The summed E-state index contributed by atoms with van der Waals surface area (Å²) in [6.45, 7) is 4.39. The van der Waals surface area contributed by atoms with Gasteiger partial charge in [-0.15, -0.1) is 10.2 Å². The molecule has 0 bridgehead atoms. The fraction of sp³-hybridized carbons (Fsp3) is 0.423. The molecule has 1 heterocycles. The van der Waals surface area contributed by atoms with Crippen LogP contribution in [0, 0.1) is 6.92 Å². The Bertz CT molecular complexity index is 1110. The van der Waals surface area contributed by atoms with Gasteiger partial charge in [-0.3, -0.25) is 9.36 Å². The second-order valence-electron chi connectivity index (χ2n) is 8.65. The molecule has 0 atom stereocenters. The molecule has 180 valence electrons. The molecule has 2 aromatic carbocycles. The molecule has 0 radical (unpaired) electrons. The number of nitrogens with one attached hydrogen (secondary N) is 1. The second kappa shape index (κ2) is 11.8. The summed E-state index contributed by atoms with van der Waals surface area (Å²) in [5.41, 5.74) is 3.03. The summed E-state index contributed by atoms with van der Waals surface area (Å²) < 4.78 is 8.22. The summed E-state index contributed by atoms with van der Waals surface area (Å²) in [7, 11) is 0. The Hall–Kier alpha value is -2.51. The van der Waals surface area contributed by atoms with Crippen LogP contribution in [0.4, 0.5) is 5.69 Å². The first-order chi connectivity index (χ1) is 16.5. The average Bonchev–Trinajstić information content (AvgIpc) is 3.27. The molecule has 0 unspecified atom stereocenters. The van der Waals surface area contributed by atoms with E-state index in [9.17, 15) is 4.79 Å². The number of benzene rings is 2. The maximum Gasteiger partial charge on any atom is 0.234 e. The highest BCUT2D eigenvalue weighted by Crippen LogP contribution is 2.33. The number of carbonyl (C=O) groups excluding carboxylic acids is 1. The first kappa shape index (κ1) is 24.6. The van der Waals surface area contributed by atoms with Gasteiger partial charge in [-0.2, -0.15) is 0 Å². The molecule has 1 N–H and O–H groups in total. The summed E-state index contributed by atoms with van der Waals surface area (Å²) in [6.07, 6.45) is 6.81. The maximum absolute atomic E-state index is 12.6. The molecule has 0 spiro atoms. The summed E-state index contributed by atoms with van der Waals surface area (Å²) in [5.74, 6) is 1.76. The van der Waals surface area contributed by atoms with Gasteiger partial charge in [0.25, 0.3) is 0 Å². The molecule has 1 fully saturated rings. The second-order valence-corrected chi connectivity index (χ2v) is 10.00. The van der Waals surface area contributed by atoms with E-state index in [1.807, 2.05) is 49.4 Å². The lowest BCUT2D eigenvalue weighted by Crippen LogP contribution is -2.19. The quantitative estimate of drug-likeness (QED) is 0.336. The van der Waals surface area contributed by atoms with Gasteiger partial charge in [0.2, 0.25) is 5.91 Å². The summed E-state index contributed by atoms with van der Waals surface area (Å²) >= 11 is 7.56. The smallest absolute Gasteiger partial charge is 0.234 e. The van der Waals surface area contributed by atoms with Crippen molar-refractivity contribution in [3.8, 4) is 5.75 Å². The number of aryl methyl sites for hydroxylation is 2. The van der Waals surface area contributed by atoms with E-state index < -0.39 is 0 Å². The van der Waals surface area contributed by atoms with Crippen LogP contribution in [0.2, 0.25) is 5.02 Å². The lowest BCUT2D eigenvalue weighted by atomic mass is 9.95. The molecule has 1 saturated carbocycles. The van der Waals surface area contributed by atoms with E-state index in [2.05, 4.69) is 27.0 Å². The highest BCUT2D eigenvalue weighted by Gasteiger charge is 2.24. The topological polar surface area (TPSA) is 69.0 Å². The third-order valence-electron chi connectivity index (χ3n) is 6.15. The third-order valence-corrected chi connectivity index (χ3v) is 7.52. The van der Waals surface area contributed by atoms with E-state index >= 15 is 0 Å². The van der Waals surface area contributed by atoms with E-state index in [4.69, 9.17) is 16.3 Å². The Kier molecular flexibility index (Phi) is 8.51. The van der Waals surface area contributed by atoms with Crippen molar-refractivity contribution in [1.82, 2.24) is 14.8 Å². The number of ether oxygens (including phenoxy) is 1. The van der Waals surface area contributed by atoms with Gasteiger partial charge in [-0.05, 0) is 67.6 Å².